The third-order valence-electron chi connectivity index (χ3n) is 4.33. The fourth-order valence-electron chi connectivity index (χ4n) is 3.39. The van der Waals surface area contributed by atoms with Gasteiger partial charge in [0.25, 0.3) is 0 Å². The Hall–Kier alpha value is -2.15. The van der Waals surface area contributed by atoms with Crippen molar-refractivity contribution in [3.63, 3.8) is 0 Å². The average Bonchev–Trinajstić information content (AvgIpc) is 2.95. The van der Waals surface area contributed by atoms with Gasteiger partial charge >= 0.3 is 6.36 Å². The molecule has 0 amide bonds. The van der Waals surface area contributed by atoms with E-state index in [0.29, 0.717) is 5.56 Å². The van der Waals surface area contributed by atoms with Gasteiger partial charge < -0.3 is 9.64 Å². The Balaban J connectivity index is 1.74. The topological polar surface area (TPSA) is 25.4 Å². The molecule has 2 aliphatic rings. The maximum Gasteiger partial charge on any atom is 0.573 e. The summed E-state index contributed by atoms with van der Waals surface area (Å²) >= 11 is 5.42. The molecule has 1 aromatic heterocycles. The van der Waals surface area contributed by atoms with Crippen molar-refractivity contribution in [1.29, 1.82) is 0 Å². The van der Waals surface area contributed by atoms with Gasteiger partial charge in [-0.1, -0.05) is 12.2 Å². The van der Waals surface area contributed by atoms with Crippen molar-refractivity contribution in [1.82, 2.24) is 4.98 Å². The minimum absolute atomic E-state index is 0.308. The first kappa shape index (κ1) is 15.4. The molecule has 2 aliphatic heterocycles. The first-order valence-corrected chi connectivity index (χ1v) is 7.99. The second-order valence-corrected chi connectivity index (χ2v) is 6.37. The van der Waals surface area contributed by atoms with Crippen LogP contribution in [0.2, 0.25) is 0 Å². The summed E-state index contributed by atoms with van der Waals surface area (Å²) in [4.78, 5) is 7.02. The molecule has 3 nitrogen and oxygen atoms in total. The van der Waals surface area contributed by atoms with Gasteiger partial charge in [0, 0.05) is 30.4 Å². The number of benzene rings is 1. The number of nitrogens with zero attached hydrogens (tertiary/aromatic N) is 2. The molecule has 0 spiro atoms. The van der Waals surface area contributed by atoms with E-state index in [-0.39, 0.29) is 5.75 Å². The highest BCUT2D eigenvalue weighted by Crippen LogP contribution is 2.40. The summed E-state index contributed by atoms with van der Waals surface area (Å²) in [6, 6.07) is 5.41. The van der Waals surface area contributed by atoms with Crippen LogP contribution in [0.5, 0.6) is 5.75 Å². The molecule has 0 saturated heterocycles. The molecule has 0 fully saturated rings. The van der Waals surface area contributed by atoms with Crippen molar-refractivity contribution in [3.8, 4) is 16.9 Å². The predicted octanol–water partition coefficient (Wildman–Crippen LogP) is 4.28. The molecule has 0 unspecified atom stereocenters. The van der Waals surface area contributed by atoms with E-state index < -0.39 is 6.36 Å². The monoisotopic (exact) mass is 350 g/mol. The predicted molar refractivity (Wildman–Crippen MR) is 88.3 cm³/mol. The number of anilines is 1. The summed E-state index contributed by atoms with van der Waals surface area (Å²) in [7, 11) is 0. The first-order chi connectivity index (χ1) is 11.4. The van der Waals surface area contributed by atoms with Gasteiger partial charge in [-0.15, -0.1) is 13.2 Å². The molecule has 7 heteroatoms. The van der Waals surface area contributed by atoms with E-state index in [1.54, 1.807) is 6.20 Å². The van der Waals surface area contributed by atoms with Crippen LogP contribution in [0.15, 0.2) is 30.6 Å². The van der Waals surface area contributed by atoms with E-state index in [1.807, 2.05) is 12.1 Å². The quantitative estimate of drug-likeness (QED) is 0.755. The van der Waals surface area contributed by atoms with E-state index in [2.05, 4.69) is 14.6 Å². The first-order valence-electron chi connectivity index (χ1n) is 7.58. The van der Waals surface area contributed by atoms with Crippen LogP contribution in [-0.2, 0) is 12.8 Å². The van der Waals surface area contributed by atoms with Gasteiger partial charge in [0.05, 0.1) is 11.2 Å². The summed E-state index contributed by atoms with van der Waals surface area (Å²) < 4.78 is 41.1. The number of rotatable bonds is 2. The Morgan fingerprint density at radius 1 is 1.00 bits per heavy atom. The normalized spacial score (nSPS) is 16.3. The van der Waals surface area contributed by atoms with E-state index >= 15 is 0 Å². The number of alkyl halides is 3. The van der Waals surface area contributed by atoms with E-state index in [0.717, 1.165) is 42.6 Å². The van der Waals surface area contributed by atoms with Crippen LogP contribution < -0.4 is 9.64 Å². The highest BCUT2D eigenvalue weighted by molar-refractivity contribution is 7.80. The molecular weight excluding hydrogens is 337 g/mol. The van der Waals surface area contributed by atoms with Crippen LogP contribution in [0.25, 0.3) is 11.1 Å². The molecule has 0 N–H and O–H groups in total. The van der Waals surface area contributed by atoms with Crippen molar-refractivity contribution >= 4 is 22.9 Å². The molecule has 0 aliphatic carbocycles. The Bertz CT molecular complexity index is 835. The largest absolute Gasteiger partial charge is 0.573 e. The zero-order valence-corrected chi connectivity index (χ0v) is 13.4. The SMILES string of the molecule is FC(F)(F)Oc1cncc(-c2cc3c4c(c2)CCN4C(=S)CC3)c1. The lowest BCUT2D eigenvalue weighted by Crippen LogP contribution is -2.31. The molecule has 3 heterocycles. The molecule has 2 aromatic rings. The van der Waals surface area contributed by atoms with Gasteiger partial charge in [-0.3, -0.25) is 4.98 Å². The van der Waals surface area contributed by atoms with Crippen LogP contribution in [0, 0.1) is 0 Å². The van der Waals surface area contributed by atoms with Gasteiger partial charge in [0.1, 0.15) is 5.75 Å². The number of pyridine rings is 1. The van der Waals surface area contributed by atoms with Crippen LogP contribution >= 0.6 is 12.2 Å². The minimum atomic E-state index is -4.72. The van der Waals surface area contributed by atoms with Crippen molar-refractivity contribution in [2.75, 3.05) is 11.4 Å². The lowest BCUT2D eigenvalue weighted by Gasteiger charge is -2.28. The Labute approximate surface area is 142 Å². The van der Waals surface area contributed by atoms with Crippen molar-refractivity contribution in [2.45, 2.75) is 25.6 Å². The fourth-order valence-corrected chi connectivity index (χ4v) is 3.68. The molecule has 0 radical (unpaired) electrons. The number of aromatic nitrogens is 1. The minimum Gasteiger partial charge on any atom is -0.404 e. The van der Waals surface area contributed by atoms with Gasteiger partial charge in [-0.2, -0.15) is 0 Å². The maximum atomic E-state index is 12.4. The lowest BCUT2D eigenvalue weighted by molar-refractivity contribution is -0.274. The van der Waals surface area contributed by atoms with Crippen LogP contribution in [0.1, 0.15) is 17.5 Å². The number of ether oxygens (including phenoxy) is 1. The molecule has 0 bridgehead atoms. The van der Waals surface area contributed by atoms with Crippen molar-refractivity contribution in [2.24, 2.45) is 0 Å². The molecule has 124 valence electrons. The number of hydrogen-bond acceptors (Lipinski definition) is 3. The smallest absolute Gasteiger partial charge is 0.404 e. The molecule has 1 aromatic carbocycles. The van der Waals surface area contributed by atoms with E-state index in [4.69, 9.17) is 12.2 Å². The number of aryl methyl sites for hydroxylation is 1. The Morgan fingerprint density at radius 3 is 2.50 bits per heavy atom. The third kappa shape index (κ3) is 2.73. The van der Waals surface area contributed by atoms with Gasteiger partial charge in [-0.25, -0.2) is 0 Å². The molecular formula is C17H13F3N2OS. The summed E-state index contributed by atoms with van der Waals surface area (Å²) in [5, 5.41) is 0. The highest BCUT2D eigenvalue weighted by Gasteiger charge is 2.32. The van der Waals surface area contributed by atoms with Crippen molar-refractivity contribution in [3.05, 3.63) is 41.7 Å². The fraction of sp³-hybridized carbons (Fsp3) is 0.294. The van der Waals surface area contributed by atoms with Crippen LogP contribution in [0.4, 0.5) is 18.9 Å². The third-order valence-corrected chi connectivity index (χ3v) is 4.76. The summed E-state index contributed by atoms with van der Waals surface area (Å²) in [6.07, 6.45) is 0.480. The van der Waals surface area contributed by atoms with Crippen LogP contribution in [0.3, 0.4) is 0 Å². The van der Waals surface area contributed by atoms with Crippen LogP contribution in [-0.4, -0.2) is 22.9 Å². The van der Waals surface area contributed by atoms with Gasteiger partial charge in [0.2, 0.25) is 0 Å². The second-order valence-electron chi connectivity index (χ2n) is 5.90. The lowest BCUT2D eigenvalue weighted by atomic mass is 9.94. The molecule has 24 heavy (non-hydrogen) atoms. The maximum absolute atomic E-state index is 12.4. The summed E-state index contributed by atoms with van der Waals surface area (Å²) in [6.45, 7) is 0.875. The van der Waals surface area contributed by atoms with E-state index in [9.17, 15) is 13.2 Å². The second kappa shape index (κ2) is 5.44. The molecule has 4 rings (SSSR count). The zero-order valence-electron chi connectivity index (χ0n) is 12.6. The number of hydrogen-bond donors (Lipinski definition) is 0. The standard InChI is InChI=1S/C17H13F3N2OS/c18-17(19,20)23-14-7-13(8-21-9-14)12-5-10-1-2-15(24)22-4-3-11(6-12)16(10)22/h5-9H,1-4H2. The Morgan fingerprint density at radius 2 is 1.75 bits per heavy atom. The van der Waals surface area contributed by atoms with E-state index in [1.165, 1.54) is 22.9 Å². The zero-order chi connectivity index (χ0) is 16.9. The molecule has 0 atom stereocenters. The number of thiocarbonyl (C=S) groups is 1. The summed E-state index contributed by atoms with van der Waals surface area (Å²) in [5.74, 6) is -0.308. The average molecular weight is 350 g/mol. The summed E-state index contributed by atoms with van der Waals surface area (Å²) in [5.41, 5.74) is 5.04. The molecule has 0 saturated carbocycles. The number of halogens is 3. The Kier molecular flexibility index (Phi) is 3.49. The van der Waals surface area contributed by atoms with Gasteiger partial charge in [-0.05, 0) is 47.7 Å². The highest BCUT2D eigenvalue weighted by atomic mass is 32.1. The van der Waals surface area contributed by atoms with Gasteiger partial charge in [0.15, 0.2) is 0 Å². The van der Waals surface area contributed by atoms with Crippen molar-refractivity contribution < 1.29 is 17.9 Å².